The molecule has 0 saturated heterocycles. The van der Waals surface area contributed by atoms with Gasteiger partial charge in [0.15, 0.2) is 0 Å². The van der Waals surface area contributed by atoms with Crippen LogP contribution in [0.4, 0.5) is 0 Å². The molecule has 0 bridgehead atoms. The molecule has 22 valence electrons. The average molecular weight is 244 g/mol. The average Bonchev–Trinajstić information content (AvgIpc) is 1.37. The second kappa shape index (κ2) is 5.21. The number of rotatable bonds is 1. The number of halogens is 1. The molecule has 0 N–H and O–H groups in total. The zero-order valence-corrected chi connectivity index (χ0v) is 8.43. The van der Waals surface area contributed by atoms with Crippen LogP contribution in [0.2, 0.25) is 1.39 Å². The third kappa shape index (κ3) is 4.21. The fourth-order valence-electron chi connectivity index (χ4n) is 0. The van der Waals surface area contributed by atoms with Gasteiger partial charge in [0.1, 0.15) is 0 Å². The molecule has 0 fully saturated rings. The van der Waals surface area contributed by atoms with E-state index in [0.29, 0.717) is 0 Å². The molecule has 0 unspecified atom stereocenters. The molecule has 0 aliphatic heterocycles. The van der Waals surface area contributed by atoms with E-state index in [1.807, 2.05) is 0 Å². The van der Waals surface area contributed by atoms with Gasteiger partial charge in [-0.2, -0.15) is 0 Å². The summed E-state index contributed by atoms with van der Waals surface area (Å²) in [5.74, 6) is 0. The fraction of sp³-hybridized carbons (Fsp3) is 1.00. The van der Waals surface area contributed by atoms with Crippen LogP contribution in [0, 0.1) is 0 Å². The van der Waals surface area contributed by atoms with Crippen LogP contribution in [0.15, 0.2) is 0 Å². The summed E-state index contributed by atoms with van der Waals surface area (Å²) >= 11 is 2.50. The molecule has 0 aromatic heterocycles. The van der Waals surface area contributed by atoms with Crippen molar-refractivity contribution in [1.82, 2.24) is 0 Å². The van der Waals surface area contributed by atoms with Crippen molar-refractivity contribution in [2.24, 2.45) is 0 Å². The number of hydrogen-bond donors (Lipinski definition) is 0. The van der Waals surface area contributed by atoms with Crippen molar-refractivity contribution in [3.8, 4) is 0 Å². The summed E-state index contributed by atoms with van der Waals surface area (Å²) in [5, 5.41) is 0. The Bertz CT molecular complexity index is 8.00. The molecule has 0 rings (SSSR count). The fourth-order valence-corrected chi connectivity index (χ4v) is 0. The Hall–Kier alpha value is 2.21. The van der Waals surface area contributed by atoms with Crippen molar-refractivity contribution in [1.29, 1.82) is 0 Å². The van der Waals surface area contributed by atoms with Crippen molar-refractivity contribution in [2.75, 3.05) is 0 Å². The molecule has 0 radical (unpaired) electrons. The van der Waals surface area contributed by atoms with Crippen LogP contribution in [0.25, 0.3) is 0 Å². The van der Waals surface area contributed by atoms with Gasteiger partial charge in [-0.3, -0.25) is 0 Å². The van der Waals surface area contributed by atoms with Crippen LogP contribution in [0.3, 0.4) is 0 Å². The van der Waals surface area contributed by atoms with Gasteiger partial charge in [0.05, 0.1) is 0 Å². The van der Waals surface area contributed by atoms with Gasteiger partial charge in [0, 0.05) is 0 Å². The molecule has 0 amide bonds. The van der Waals surface area contributed by atoms with Gasteiger partial charge in [-0.1, -0.05) is 0 Å². The molecule has 0 atom stereocenters. The van der Waals surface area contributed by atoms with Crippen LogP contribution in [-0.4, -0.2) is 35.2 Å². The van der Waals surface area contributed by atoms with Crippen molar-refractivity contribution >= 4 is 48.1 Å². The summed E-state index contributed by atoms with van der Waals surface area (Å²) in [5.41, 5.74) is 0. The molecule has 0 aromatic carbocycles. The molecular weight excluding hydrogens is 239 g/mol. The van der Waals surface area contributed by atoms with E-state index in [9.17, 15) is 0 Å². The van der Waals surface area contributed by atoms with Crippen molar-refractivity contribution in [2.45, 2.75) is 8.32 Å². The van der Waals surface area contributed by atoms with Crippen LogP contribution in [-0.2, 0) is 0 Å². The Morgan fingerprint density at radius 3 is 2.25 bits per heavy atom. The van der Waals surface area contributed by atoms with E-state index in [2.05, 4.69) is 19.8 Å². The quantitative estimate of drug-likeness (QED) is 0.483. The molecule has 0 aromatic rings. The van der Waals surface area contributed by atoms with Crippen LogP contribution in [0.5, 0.6) is 0 Å². The molecular formula is C2H5ISr. The van der Waals surface area contributed by atoms with E-state index < -0.39 is 0 Å². The first-order valence-electron chi connectivity index (χ1n) is 1.47. The topological polar surface area (TPSA) is 0 Å². The second-order valence-corrected chi connectivity index (χ2v) is 10.5. The van der Waals surface area contributed by atoms with Gasteiger partial charge in [0.25, 0.3) is 0 Å². The summed E-state index contributed by atoms with van der Waals surface area (Å²) < 4.78 is 1.52. The van der Waals surface area contributed by atoms with Gasteiger partial charge in [-0.15, -0.1) is 0 Å². The predicted octanol–water partition coefficient (Wildman–Crippen LogP) is 1.48. The Kier molecular flexibility index (Phi) is 8.09. The summed E-state index contributed by atoms with van der Waals surface area (Å²) in [6, 6.07) is 0. The van der Waals surface area contributed by atoms with Gasteiger partial charge in [0.2, 0.25) is 0 Å². The molecule has 0 aliphatic carbocycles. The molecule has 0 heterocycles. The minimum absolute atomic E-state index is 0.0639. The third-order valence-corrected chi connectivity index (χ3v) is 7.50. The maximum absolute atomic E-state index is 2.56. The van der Waals surface area contributed by atoms with Crippen LogP contribution < -0.4 is 0 Å². The van der Waals surface area contributed by atoms with Crippen molar-refractivity contribution in [3.05, 3.63) is 0 Å². The Morgan fingerprint density at radius 1 is 2.00 bits per heavy atom. The zero-order valence-electron chi connectivity index (χ0n) is 2.79. The van der Waals surface area contributed by atoms with Crippen molar-refractivity contribution in [3.63, 3.8) is 0 Å². The SMILES string of the molecule is C[CH2][Sr][I]. The van der Waals surface area contributed by atoms with E-state index in [1.54, 1.807) is 0 Å². The van der Waals surface area contributed by atoms with Gasteiger partial charge < -0.3 is 0 Å². The molecule has 2 heteroatoms. The van der Waals surface area contributed by atoms with Crippen molar-refractivity contribution < 1.29 is 0 Å². The Morgan fingerprint density at radius 2 is 2.25 bits per heavy atom. The van der Waals surface area contributed by atoms with Crippen LogP contribution in [0.1, 0.15) is 6.92 Å². The summed E-state index contributed by atoms with van der Waals surface area (Å²) in [4.78, 5) is 0. The minimum atomic E-state index is -0.0639. The molecule has 0 saturated carbocycles. The van der Waals surface area contributed by atoms with E-state index >= 15 is 0 Å². The molecule has 0 spiro atoms. The van der Waals surface area contributed by atoms with Crippen LogP contribution >= 0.6 is 12.9 Å². The summed E-state index contributed by atoms with van der Waals surface area (Å²) in [6.45, 7) is 2.27. The van der Waals surface area contributed by atoms with E-state index in [1.165, 1.54) is 1.39 Å². The zero-order chi connectivity index (χ0) is 3.41. The van der Waals surface area contributed by atoms with Gasteiger partial charge >= 0.3 is 56.4 Å². The summed E-state index contributed by atoms with van der Waals surface area (Å²) in [7, 11) is 0. The first-order valence-corrected chi connectivity index (χ1v) is 14.3. The van der Waals surface area contributed by atoms with E-state index in [-0.39, 0.29) is 35.2 Å². The first kappa shape index (κ1) is 6.21. The second-order valence-electron chi connectivity index (χ2n) is 0.689. The Balaban J connectivity index is 1.97. The normalized spacial score (nSPS) is 5.50. The summed E-state index contributed by atoms with van der Waals surface area (Å²) in [6.07, 6.45) is 0. The Labute approximate surface area is 54.8 Å². The molecule has 4 heavy (non-hydrogen) atoms. The van der Waals surface area contributed by atoms with E-state index in [0.717, 1.165) is 0 Å². The maximum atomic E-state index is 2.56. The molecule has 0 aliphatic rings. The predicted molar refractivity (Wildman–Crippen MR) is 30.3 cm³/mol. The van der Waals surface area contributed by atoms with Gasteiger partial charge in [-0.05, 0) is 0 Å². The van der Waals surface area contributed by atoms with E-state index in [4.69, 9.17) is 0 Å². The number of hydrogen-bond acceptors (Lipinski definition) is 0. The molecule has 0 nitrogen and oxygen atoms in total. The third-order valence-electron chi connectivity index (χ3n) is 0.189. The first-order chi connectivity index (χ1) is 1.91. The standard InChI is InChI=1S/C2H5.HI.Sr/c1-2;;/h1H2,2H3;1H;/q;;+1/p-1. The van der Waals surface area contributed by atoms with Gasteiger partial charge in [-0.25, -0.2) is 0 Å². The monoisotopic (exact) mass is 244 g/mol.